The van der Waals surface area contributed by atoms with Crippen molar-refractivity contribution in [1.29, 1.82) is 0 Å². The lowest BCUT2D eigenvalue weighted by molar-refractivity contribution is 0.592. The molecule has 290 valence electrons. The topological polar surface area (TPSA) is 42.9 Å². The zero-order valence-electron chi connectivity index (χ0n) is 33.6. The standard InChI is InChI=1S/C58H37N2OP/c61-62(42-21-6-2-7-22-42,43-23-8-3-9-24-43)44-35-40(34-41(36-44)58-50-33-32-38-18-10-11-25-45(38)55(50)48-28-14-16-30-53(48)60-58)51-37-52-56(47-27-13-12-26-46(47)51)49-29-15-17-31-54(49)59-57(52)39-19-4-1-5-20-39/h1-37H. The average molecular weight is 809 g/mol. The van der Waals surface area contributed by atoms with Crippen molar-refractivity contribution in [1.82, 2.24) is 9.97 Å². The van der Waals surface area contributed by atoms with Gasteiger partial charge in [0.1, 0.15) is 0 Å². The van der Waals surface area contributed by atoms with Gasteiger partial charge in [0.25, 0.3) is 0 Å². The first kappa shape index (κ1) is 36.2. The minimum Gasteiger partial charge on any atom is -0.309 e. The van der Waals surface area contributed by atoms with Gasteiger partial charge in [0.2, 0.25) is 0 Å². The molecule has 10 aromatic carbocycles. The third-order valence-corrected chi connectivity index (χ3v) is 15.5. The zero-order chi connectivity index (χ0) is 41.2. The molecule has 12 aromatic rings. The highest BCUT2D eigenvalue weighted by atomic mass is 31.2. The lowest BCUT2D eigenvalue weighted by Crippen LogP contribution is -2.25. The fourth-order valence-electron chi connectivity index (χ4n) is 9.62. The number of hydrogen-bond acceptors (Lipinski definition) is 3. The predicted molar refractivity (Wildman–Crippen MR) is 263 cm³/mol. The van der Waals surface area contributed by atoms with E-state index < -0.39 is 7.14 Å². The van der Waals surface area contributed by atoms with Gasteiger partial charge in [0.05, 0.1) is 22.4 Å². The van der Waals surface area contributed by atoms with Crippen LogP contribution < -0.4 is 15.9 Å². The Labute approximate surface area is 359 Å². The fourth-order valence-corrected chi connectivity index (χ4v) is 12.3. The smallest absolute Gasteiger partial charge is 0.171 e. The summed E-state index contributed by atoms with van der Waals surface area (Å²) in [6.07, 6.45) is 0. The van der Waals surface area contributed by atoms with Gasteiger partial charge in [0, 0.05) is 59.4 Å². The summed E-state index contributed by atoms with van der Waals surface area (Å²) in [5, 5.41) is 13.5. The molecule has 2 heterocycles. The average Bonchev–Trinajstić information content (AvgIpc) is 3.35. The van der Waals surface area contributed by atoms with Crippen LogP contribution in [0.4, 0.5) is 0 Å². The zero-order valence-corrected chi connectivity index (χ0v) is 34.5. The van der Waals surface area contributed by atoms with Gasteiger partial charge in [-0.2, -0.15) is 0 Å². The highest BCUT2D eigenvalue weighted by molar-refractivity contribution is 7.85. The van der Waals surface area contributed by atoms with Crippen molar-refractivity contribution in [3.63, 3.8) is 0 Å². The predicted octanol–water partition coefficient (Wildman–Crippen LogP) is 14.0. The number of nitrogens with zero attached hydrogens (tertiary/aromatic N) is 2. The Balaban J connectivity index is 1.24. The number of rotatable bonds is 6. The number of benzene rings is 10. The minimum atomic E-state index is -3.46. The van der Waals surface area contributed by atoms with Crippen LogP contribution in [0.1, 0.15) is 0 Å². The van der Waals surface area contributed by atoms with Crippen LogP contribution in [0, 0.1) is 0 Å². The van der Waals surface area contributed by atoms with E-state index in [0.29, 0.717) is 0 Å². The molecule has 0 radical (unpaired) electrons. The molecule has 62 heavy (non-hydrogen) atoms. The molecule has 0 spiro atoms. The summed E-state index contributed by atoms with van der Waals surface area (Å²) in [5.41, 5.74) is 7.59. The van der Waals surface area contributed by atoms with E-state index in [1.165, 1.54) is 16.2 Å². The Morgan fingerprint density at radius 1 is 0.306 bits per heavy atom. The van der Waals surface area contributed by atoms with Crippen LogP contribution in [0.2, 0.25) is 0 Å². The van der Waals surface area contributed by atoms with Gasteiger partial charge in [0.15, 0.2) is 7.14 Å². The molecule has 12 rings (SSSR count). The van der Waals surface area contributed by atoms with Crippen molar-refractivity contribution in [3.05, 3.63) is 224 Å². The molecular formula is C58H37N2OP. The Bertz CT molecular complexity index is 3710. The lowest BCUT2D eigenvalue weighted by Gasteiger charge is -2.23. The van der Waals surface area contributed by atoms with Crippen LogP contribution in [0.25, 0.3) is 98.5 Å². The lowest BCUT2D eigenvalue weighted by atomic mass is 9.89. The third-order valence-electron chi connectivity index (χ3n) is 12.4. The summed E-state index contributed by atoms with van der Waals surface area (Å²) < 4.78 is 16.5. The molecule has 0 fully saturated rings. The highest BCUT2D eigenvalue weighted by Crippen LogP contribution is 2.47. The summed E-state index contributed by atoms with van der Waals surface area (Å²) >= 11 is 0. The van der Waals surface area contributed by atoms with E-state index in [2.05, 4.69) is 158 Å². The molecule has 0 bridgehead atoms. The van der Waals surface area contributed by atoms with Gasteiger partial charge in [-0.25, -0.2) is 9.97 Å². The number of pyridine rings is 2. The second-order valence-electron chi connectivity index (χ2n) is 16.0. The maximum absolute atomic E-state index is 16.5. The molecule has 3 nitrogen and oxygen atoms in total. The molecule has 0 aliphatic rings. The van der Waals surface area contributed by atoms with Gasteiger partial charge in [-0.3, -0.25) is 0 Å². The molecule has 2 aromatic heterocycles. The molecule has 4 heteroatoms. The quantitative estimate of drug-likeness (QED) is 0.124. The van der Waals surface area contributed by atoms with Crippen LogP contribution in [0.3, 0.4) is 0 Å². The van der Waals surface area contributed by atoms with Crippen LogP contribution in [0.15, 0.2) is 224 Å². The minimum absolute atomic E-state index is 0.746. The fraction of sp³-hybridized carbons (Fsp3) is 0. The van der Waals surface area contributed by atoms with E-state index in [4.69, 9.17) is 9.97 Å². The van der Waals surface area contributed by atoms with Gasteiger partial charge in [-0.05, 0) is 69.1 Å². The number of fused-ring (bicyclic) bond motifs is 10. The monoisotopic (exact) mass is 808 g/mol. The third kappa shape index (κ3) is 5.70. The second-order valence-corrected chi connectivity index (χ2v) is 18.7. The van der Waals surface area contributed by atoms with E-state index in [0.717, 1.165) is 98.3 Å². The Hall–Kier alpha value is -7.71. The van der Waals surface area contributed by atoms with E-state index in [1.54, 1.807) is 0 Å². The molecule has 0 aliphatic heterocycles. The van der Waals surface area contributed by atoms with E-state index in [1.807, 2.05) is 66.7 Å². The number of para-hydroxylation sites is 2. The molecular weight excluding hydrogens is 772 g/mol. The van der Waals surface area contributed by atoms with E-state index in [-0.39, 0.29) is 0 Å². The first-order valence-electron chi connectivity index (χ1n) is 21.0. The van der Waals surface area contributed by atoms with Crippen LogP contribution in [-0.4, -0.2) is 9.97 Å². The summed E-state index contributed by atoms with van der Waals surface area (Å²) in [6.45, 7) is 0. The molecule has 0 N–H and O–H groups in total. The molecule has 0 saturated carbocycles. The van der Waals surface area contributed by atoms with Crippen LogP contribution in [0.5, 0.6) is 0 Å². The van der Waals surface area contributed by atoms with Crippen molar-refractivity contribution in [3.8, 4) is 33.6 Å². The van der Waals surface area contributed by atoms with Crippen molar-refractivity contribution >= 4 is 88.0 Å². The second kappa shape index (κ2) is 14.5. The normalized spacial score (nSPS) is 11.9. The van der Waals surface area contributed by atoms with E-state index >= 15 is 4.57 Å². The maximum Gasteiger partial charge on any atom is 0.171 e. The van der Waals surface area contributed by atoms with Gasteiger partial charge < -0.3 is 4.57 Å². The summed E-state index contributed by atoms with van der Waals surface area (Å²) in [4.78, 5) is 10.8. The Morgan fingerprint density at radius 2 is 0.790 bits per heavy atom. The summed E-state index contributed by atoms with van der Waals surface area (Å²) in [7, 11) is -3.46. The molecule has 0 saturated heterocycles. The Kier molecular flexibility index (Phi) is 8.45. The van der Waals surface area contributed by atoms with Gasteiger partial charge in [-0.15, -0.1) is 0 Å². The summed E-state index contributed by atoms with van der Waals surface area (Å²) in [6, 6.07) is 77.8. The van der Waals surface area contributed by atoms with Crippen LogP contribution >= 0.6 is 7.14 Å². The largest absolute Gasteiger partial charge is 0.309 e. The maximum atomic E-state index is 16.5. The SMILES string of the molecule is O=P(c1ccccc1)(c1ccccc1)c1cc(-c2cc3c(-c4ccccc4)nc4ccccc4c3c3ccccc23)cc(-c2nc3ccccc3c3c2ccc2ccccc23)c1. The number of aromatic nitrogens is 2. The van der Waals surface area contributed by atoms with Crippen molar-refractivity contribution in [2.24, 2.45) is 0 Å². The van der Waals surface area contributed by atoms with Crippen molar-refractivity contribution in [2.75, 3.05) is 0 Å². The first-order chi connectivity index (χ1) is 30.6. The van der Waals surface area contributed by atoms with Gasteiger partial charge in [-0.1, -0.05) is 188 Å². The Morgan fingerprint density at radius 3 is 1.44 bits per heavy atom. The first-order valence-corrected chi connectivity index (χ1v) is 22.7. The molecule has 0 unspecified atom stereocenters. The molecule has 0 atom stereocenters. The number of hydrogen-bond donors (Lipinski definition) is 0. The highest BCUT2D eigenvalue weighted by Gasteiger charge is 2.31. The van der Waals surface area contributed by atoms with Crippen molar-refractivity contribution in [2.45, 2.75) is 0 Å². The summed E-state index contributed by atoms with van der Waals surface area (Å²) in [5.74, 6) is 0. The van der Waals surface area contributed by atoms with E-state index in [9.17, 15) is 0 Å². The van der Waals surface area contributed by atoms with Crippen molar-refractivity contribution < 1.29 is 4.57 Å². The molecule has 0 amide bonds. The van der Waals surface area contributed by atoms with Gasteiger partial charge >= 0.3 is 0 Å². The molecule has 0 aliphatic carbocycles. The van der Waals surface area contributed by atoms with Crippen LogP contribution in [-0.2, 0) is 4.57 Å².